The monoisotopic (exact) mass is 199 g/mol. The van der Waals surface area contributed by atoms with Crippen LogP contribution in [0, 0.1) is 11.8 Å². The summed E-state index contributed by atoms with van der Waals surface area (Å²) in [7, 11) is 0. The molecule has 0 bridgehead atoms. The Balaban J connectivity index is 1.71. The molecule has 0 amide bonds. The van der Waals surface area contributed by atoms with Crippen molar-refractivity contribution in [3.63, 3.8) is 0 Å². The second kappa shape index (κ2) is 5.10. The predicted octanol–water partition coefficient (Wildman–Crippen LogP) is 0.773. The van der Waals surface area contributed by atoms with Crippen LogP contribution in [0.2, 0.25) is 0 Å². The number of hydrogen-bond acceptors (Lipinski definition) is 3. The minimum absolute atomic E-state index is 0.324. The van der Waals surface area contributed by atoms with Gasteiger partial charge in [-0.15, -0.1) is 0 Å². The highest BCUT2D eigenvalue weighted by molar-refractivity contribution is 4.83. The van der Waals surface area contributed by atoms with Crippen LogP contribution >= 0.6 is 0 Å². The van der Waals surface area contributed by atoms with Crippen LogP contribution in [0.4, 0.5) is 0 Å². The molecule has 1 saturated carbocycles. The summed E-state index contributed by atoms with van der Waals surface area (Å²) in [6, 6.07) is 0.754. The van der Waals surface area contributed by atoms with Crippen molar-refractivity contribution in [2.24, 2.45) is 11.8 Å². The molecular weight excluding hydrogens is 178 g/mol. The first-order valence-electron chi connectivity index (χ1n) is 5.82. The SMILES string of the molecule is OCC(CNC1CC1)C1CCOCC1. The topological polar surface area (TPSA) is 41.5 Å². The van der Waals surface area contributed by atoms with E-state index < -0.39 is 0 Å². The summed E-state index contributed by atoms with van der Waals surface area (Å²) < 4.78 is 5.33. The average molecular weight is 199 g/mol. The van der Waals surface area contributed by atoms with Gasteiger partial charge in [0.05, 0.1) is 0 Å². The fourth-order valence-electron chi connectivity index (χ4n) is 2.17. The fraction of sp³-hybridized carbons (Fsp3) is 1.00. The number of ether oxygens (including phenoxy) is 1. The van der Waals surface area contributed by atoms with Gasteiger partial charge in [-0.05, 0) is 37.5 Å². The van der Waals surface area contributed by atoms with Crippen molar-refractivity contribution < 1.29 is 9.84 Å². The van der Waals surface area contributed by atoms with E-state index in [9.17, 15) is 5.11 Å². The molecule has 3 heteroatoms. The van der Waals surface area contributed by atoms with Gasteiger partial charge in [0.2, 0.25) is 0 Å². The number of hydrogen-bond donors (Lipinski definition) is 2. The summed E-state index contributed by atoms with van der Waals surface area (Å²) in [4.78, 5) is 0. The van der Waals surface area contributed by atoms with E-state index >= 15 is 0 Å². The average Bonchev–Trinajstić information content (AvgIpc) is 3.04. The molecule has 1 aliphatic heterocycles. The smallest absolute Gasteiger partial charge is 0.0474 e. The van der Waals surface area contributed by atoms with Crippen LogP contribution in [0.3, 0.4) is 0 Å². The van der Waals surface area contributed by atoms with E-state index in [1.165, 1.54) is 12.8 Å². The van der Waals surface area contributed by atoms with Crippen LogP contribution in [-0.2, 0) is 4.74 Å². The lowest BCUT2D eigenvalue weighted by atomic mass is 9.86. The Bertz CT molecular complexity index is 165. The first kappa shape index (κ1) is 10.4. The van der Waals surface area contributed by atoms with Crippen molar-refractivity contribution in [3.05, 3.63) is 0 Å². The molecule has 0 aromatic rings. The summed E-state index contributed by atoms with van der Waals surface area (Å²) in [6.45, 7) is 3.07. The Kier molecular flexibility index (Phi) is 3.79. The standard InChI is InChI=1S/C11H21NO2/c13-8-10(7-12-11-1-2-11)9-3-5-14-6-4-9/h9-13H,1-8H2. The quantitative estimate of drug-likeness (QED) is 0.687. The zero-order valence-electron chi connectivity index (χ0n) is 8.74. The Hall–Kier alpha value is -0.120. The van der Waals surface area contributed by atoms with Gasteiger partial charge in [0.15, 0.2) is 0 Å². The second-order valence-electron chi connectivity index (χ2n) is 4.57. The second-order valence-corrected chi connectivity index (χ2v) is 4.57. The maximum absolute atomic E-state index is 9.33. The van der Waals surface area contributed by atoms with E-state index in [2.05, 4.69) is 5.32 Å². The summed E-state index contributed by atoms with van der Waals surface area (Å²) >= 11 is 0. The predicted molar refractivity (Wildman–Crippen MR) is 55.1 cm³/mol. The van der Waals surface area contributed by atoms with Gasteiger partial charge in [-0.2, -0.15) is 0 Å². The lowest BCUT2D eigenvalue weighted by Gasteiger charge is -2.29. The maximum Gasteiger partial charge on any atom is 0.0474 e. The Morgan fingerprint density at radius 1 is 1.21 bits per heavy atom. The molecular formula is C11H21NO2. The number of aliphatic hydroxyl groups excluding tert-OH is 1. The molecule has 0 aromatic heterocycles. The van der Waals surface area contributed by atoms with Crippen molar-refractivity contribution >= 4 is 0 Å². The number of nitrogens with one attached hydrogen (secondary N) is 1. The van der Waals surface area contributed by atoms with Crippen LogP contribution in [0.15, 0.2) is 0 Å². The van der Waals surface area contributed by atoms with E-state index in [0.29, 0.717) is 18.4 Å². The van der Waals surface area contributed by atoms with Crippen LogP contribution in [-0.4, -0.2) is 37.5 Å². The highest BCUT2D eigenvalue weighted by atomic mass is 16.5. The summed E-state index contributed by atoms with van der Waals surface area (Å²) in [5.74, 6) is 1.11. The van der Waals surface area contributed by atoms with Crippen LogP contribution in [0.5, 0.6) is 0 Å². The van der Waals surface area contributed by atoms with E-state index in [1.807, 2.05) is 0 Å². The molecule has 82 valence electrons. The molecule has 0 spiro atoms. The number of aliphatic hydroxyl groups is 1. The largest absolute Gasteiger partial charge is 0.396 e. The van der Waals surface area contributed by atoms with Gasteiger partial charge >= 0.3 is 0 Å². The highest BCUT2D eigenvalue weighted by Gasteiger charge is 2.26. The Morgan fingerprint density at radius 3 is 2.50 bits per heavy atom. The third-order valence-electron chi connectivity index (χ3n) is 3.41. The van der Waals surface area contributed by atoms with Gasteiger partial charge in [0.25, 0.3) is 0 Å². The molecule has 3 nitrogen and oxygen atoms in total. The van der Waals surface area contributed by atoms with Crippen LogP contribution in [0.1, 0.15) is 25.7 Å². The summed E-state index contributed by atoms with van der Waals surface area (Å²) in [5.41, 5.74) is 0. The third-order valence-corrected chi connectivity index (χ3v) is 3.41. The lowest BCUT2D eigenvalue weighted by molar-refractivity contribution is 0.0333. The van der Waals surface area contributed by atoms with Crippen molar-refractivity contribution in [1.82, 2.24) is 5.32 Å². The van der Waals surface area contributed by atoms with Gasteiger partial charge in [-0.25, -0.2) is 0 Å². The molecule has 2 aliphatic rings. The molecule has 0 aromatic carbocycles. The molecule has 1 saturated heterocycles. The molecule has 1 atom stereocenters. The van der Waals surface area contributed by atoms with Gasteiger partial charge in [-0.1, -0.05) is 0 Å². The van der Waals surface area contributed by atoms with Gasteiger partial charge in [-0.3, -0.25) is 0 Å². The molecule has 1 unspecified atom stereocenters. The minimum atomic E-state index is 0.324. The first-order chi connectivity index (χ1) is 6.90. The van der Waals surface area contributed by atoms with Crippen LogP contribution in [0.25, 0.3) is 0 Å². The van der Waals surface area contributed by atoms with E-state index in [4.69, 9.17) is 4.74 Å². The zero-order chi connectivity index (χ0) is 9.80. The third kappa shape index (κ3) is 2.94. The molecule has 2 rings (SSSR count). The Morgan fingerprint density at radius 2 is 1.93 bits per heavy atom. The van der Waals surface area contributed by atoms with Crippen molar-refractivity contribution in [2.45, 2.75) is 31.7 Å². The first-order valence-corrected chi connectivity index (χ1v) is 5.82. The van der Waals surface area contributed by atoms with Crippen molar-refractivity contribution in [3.8, 4) is 0 Å². The Labute approximate surface area is 85.8 Å². The molecule has 1 heterocycles. The molecule has 14 heavy (non-hydrogen) atoms. The molecule has 2 N–H and O–H groups in total. The molecule has 2 fully saturated rings. The van der Waals surface area contributed by atoms with E-state index in [1.54, 1.807) is 0 Å². The lowest BCUT2D eigenvalue weighted by Crippen LogP contribution is -2.34. The van der Waals surface area contributed by atoms with Gasteiger partial charge in [0, 0.05) is 32.4 Å². The number of rotatable bonds is 5. The normalized spacial score (nSPS) is 26.4. The molecule has 0 radical (unpaired) electrons. The van der Waals surface area contributed by atoms with Crippen molar-refractivity contribution in [1.29, 1.82) is 0 Å². The minimum Gasteiger partial charge on any atom is -0.396 e. The summed E-state index contributed by atoms with van der Waals surface area (Å²) in [5, 5.41) is 12.8. The zero-order valence-corrected chi connectivity index (χ0v) is 8.74. The van der Waals surface area contributed by atoms with Gasteiger partial charge in [0.1, 0.15) is 0 Å². The highest BCUT2D eigenvalue weighted by Crippen LogP contribution is 2.25. The summed E-state index contributed by atoms with van der Waals surface area (Å²) in [6.07, 6.45) is 4.90. The van der Waals surface area contributed by atoms with E-state index in [0.717, 1.165) is 38.6 Å². The fourth-order valence-corrected chi connectivity index (χ4v) is 2.17. The van der Waals surface area contributed by atoms with E-state index in [-0.39, 0.29) is 0 Å². The van der Waals surface area contributed by atoms with Gasteiger partial charge < -0.3 is 15.2 Å². The van der Waals surface area contributed by atoms with Crippen LogP contribution < -0.4 is 5.32 Å². The maximum atomic E-state index is 9.33. The van der Waals surface area contributed by atoms with Crippen molar-refractivity contribution in [2.75, 3.05) is 26.4 Å². The molecule has 1 aliphatic carbocycles.